The summed E-state index contributed by atoms with van der Waals surface area (Å²) in [7, 11) is 1.71. The van der Waals surface area contributed by atoms with Crippen molar-refractivity contribution < 1.29 is 14.3 Å². The van der Waals surface area contributed by atoms with Crippen LogP contribution in [0.2, 0.25) is 0 Å². The van der Waals surface area contributed by atoms with Crippen LogP contribution in [0.1, 0.15) is 16.1 Å². The number of para-hydroxylation sites is 1. The number of rotatable bonds is 6. The van der Waals surface area contributed by atoms with Crippen LogP contribution >= 0.6 is 11.3 Å². The van der Waals surface area contributed by atoms with Crippen LogP contribution in [-0.4, -0.2) is 55.2 Å². The highest BCUT2D eigenvalue weighted by molar-refractivity contribution is 7.07. The number of carbonyl (C=O) groups is 1. The molecule has 0 spiro atoms. The van der Waals surface area contributed by atoms with Gasteiger partial charge >= 0.3 is 0 Å². The minimum Gasteiger partial charge on any atom is -0.496 e. The van der Waals surface area contributed by atoms with Gasteiger partial charge in [0.15, 0.2) is 0 Å². The second-order valence-electron chi connectivity index (χ2n) is 6.89. The third-order valence-electron chi connectivity index (χ3n) is 5.29. The summed E-state index contributed by atoms with van der Waals surface area (Å²) in [6.07, 6.45) is 0.255. The van der Waals surface area contributed by atoms with E-state index in [0.717, 1.165) is 32.0 Å². The van der Waals surface area contributed by atoms with Gasteiger partial charge in [0, 0.05) is 49.0 Å². The molecule has 0 bridgehead atoms. The van der Waals surface area contributed by atoms with Crippen LogP contribution in [0.25, 0.3) is 0 Å². The molecule has 138 valence electrons. The van der Waals surface area contributed by atoms with E-state index >= 15 is 0 Å². The predicted octanol–water partition coefficient (Wildman–Crippen LogP) is 2.03. The topological polar surface area (TPSA) is 63.7 Å². The number of likely N-dealkylation sites (tertiary alicyclic amines) is 1. The quantitative estimate of drug-likeness (QED) is 0.839. The lowest BCUT2D eigenvalue weighted by atomic mass is 9.93. The lowest BCUT2D eigenvalue weighted by Crippen LogP contribution is -2.34. The van der Waals surface area contributed by atoms with E-state index in [1.54, 1.807) is 18.0 Å². The minimum absolute atomic E-state index is 0.0985. The summed E-state index contributed by atoms with van der Waals surface area (Å²) >= 11 is 1.43. The molecule has 2 fully saturated rings. The molecule has 0 unspecified atom stereocenters. The number of amides is 1. The molecule has 1 aromatic heterocycles. The van der Waals surface area contributed by atoms with Crippen molar-refractivity contribution in [3.05, 3.63) is 46.4 Å². The summed E-state index contributed by atoms with van der Waals surface area (Å²) < 4.78 is 11.5. The molecule has 2 aliphatic heterocycles. The molecule has 2 aliphatic rings. The Morgan fingerprint density at radius 3 is 3.12 bits per heavy atom. The first-order valence-electron chi connectivity index (χ1n) is 8.87. The number of nitrogens with zero attached hydrogens (tertiary/aromatic N) is 2. The third-order valence-corrected chi connectivity index (χ3v) is 5.88. The number of benzene rings is 1. The first-order chi connectivity index (χ1) is 12.7. The van der Waals surface area contributed by atoms with Crippen molar-refractivity contribution in [1.82, 2.24) is 15.2 Å². The van der Waals surface area contributed by atoms with Gasteiger partial charge in [0.2, 0.25) is 0 Å². The smallest absolute Gasteiger partial charge is 0.270 e. The average molecular weight is 373 g/mol. The van der Waals surface area contributed by atoms with Gasteiger partial charge in [0.05, 0.1) is 25.3 Å². The number of hydrogen-bond acceptors (Lipinski definition) is 6. The minimum atomic E-state index is -0.0985. The molecule has 3 atom stereocenters. The molecule has 0 saturated carbocycles. The van der Waals surface area contributed by atoms with E-state index < -0.39 is 0 Å². The maximum absolute atomic E-state index is 12.1. The van der Waals surface area contributed by atoms with Crippen molar-refractivity contribution in [2.75, 3.05) is 33.4 Å². The predicted molar refractivity (Wildman–Crippen MR) is 99.4 cm³/mol. The monoisotopic (exact) mass is 373 g/mol. The molecule has 2 saturated heterocycles. The molecule has 1 aromatic carbocycles. The third kappa shape index (κ3) is 3.60. The van der Waals surface area contributed by atoms with Crippen molar-refractivity contribution in [2.45, 2.75) is 12.6 Å². The maximum atomic E-state index is 12.1. The molecule has 4 rings (SSSR count). The van der Waals surface area contributed by atoms with Crippen molar-refractivity contribution in [3.8, 4) is 5.75 Å². The highest BCUT2D eigenvalue weighted by Gasteiger charge is 2.43. The Morgan fingerprint density at radius 1 is 1.42 bits per heavy atom. The van der Waals surface area contributed by atoms with Gasteiger partial charge in [-0.3, -0.25) is 9.69 Å². The van der Waals surface area contributed by atoms with Crippen LogP contribution in [0.15, 0.2) is 35.2 Å². The number of fused-ring (bicyclic) bond motifs is 1. The highest BCUT2D eigenvalue weighted by Crippen LogP contribution is 2.34. The maximum Gasteiger partial charge on any atom is 0.270 e. The molecular weight excluding hydrogens is 350 g/mol. The molecule has 7 heteroatoms. The van der Waals surface area contributed by atoms with Gasteiger partial charge in [-0.25, -0.2) is 4.98 Å². The molecule has 0 aliphatic carbocycles. The van der Waals surface area contributed by atoms with Crippen molar-refractivity contribution >= 4 is 17.2 Å². The summed E-state index contributed by atoms with van der Waals surface area (Å²) in [5.74, 6) is 1.64. The molecule has 6 nitrogen and oxygen atoms in total. The number of hydrogen-bond donors (Lipinski definition) is 1. The summed E-state index contributed by atoms with van der Waals surface area (Å²) in [6.45, 7) is 4.13. The van der Waals surface area contributed by atoms with Crippen LogP contribution in [-0.2, 0) is 11.3 Å². The SMILES string of the molecule is COc1ccccc1CN1C[C@@H]2[C@H](CNC(=O)c3cscn3)CO[C@@H]2C1. The lowest BCUT2D eigenvalue weighted by molar-refractivity contribution is 0.0900. The fourth-order valence-corrected chi connectivity index (χ4v) is 4.46. The fourth-order valence-electron chi connectivity index (χ4n) is 3.93. The summed E-state index contributed by atoms with van der Waals surface area (Å²) in [5.41, 5.74) is 3.37. The Hall–Kier alpha value is -1.96. The van der Waals surface area contributed by atoms with Crippen LogP contribution in [0.5, 0.6) is 5.75 Å². The van der Waals surface area contributed by atoms with Gasteiger partial charge in [0.25, 0.3) is 5.91 Å². The van der Waals surface area contributed by atoms with Crippen molar-refractivity contribution in [3.63, 3.8) is 0 Å². The fraction of sp³-hybridized carbons (Fsp3) is 0.474. The Kier molecular flexibility index (Phi) is 5.19. The van der Waals surface area contributed by atoms with E-state index in [9.17, 15) is 4.79 Å². The molecule has 1 amide bonds. The zero-order chi connectivity index (χ0) is 17.9. The van der Waals surface area contributed by atoms with Crippen molar-refractivity contribution in [1.29, 1.82) is 0 Å². The number of thiazole rings is 1. The molecule has 1 N–H and O–H groups in total. The van der Waals surface area contributed by atoms with Gasteiger partial charge in [-0.15, -0.1) is 11.3 Å². The standard InChI is InChI=1S/C19H23N3O3S/c1-24-17-5-3-2-4-13(17)7-22-8-15-14(10-25-18(15)9-22)6-20-19(23)16-11-26-12-21-16/h2-5,11-12,14-15,18H,6-10H2,1H3,(H,20,23)/t14-,15-,18-/m1/s1. The Labute approximate surface area is 157 Å². The van der Waals surface area contributed by atoms with Crippen LogP contribution in [0.4, 0.5) is 0 Å². The van der Waals surface area contributed by atoms with E-state index in [1.807, 2.05) is 18.2 Å². The van der Waals surface area contributed by atoms with Gasteiger partial charge in [-0.05, 0) is 6.07 Å². The van der Waals surface area contributed by atoms with E-state index in [1.165, 1.54) is 16.9 Å². The normalized spacial score (nSPS) is 25.2. The molecule has 2 aromatic rings. The molecule has 0 radical (unpaired) electrons. The van der Waals surface area contributed by atoms with E-state index in [0.29, 0.717) is 24.1 Å². The van der Waals surface area contributed by atoms with Crippen LogP contribution in [0, 0.1) is 11.8 Å². The molecule has 26 heavy (non-hydrogen) atoms. The summed E-state index contributed by atoms with van der Waals surface area (Å²) in [6, 6.07) is 8.15. The van der Waals surface area contributed by atoms with Gasteiger partial charge < -0.3 is 14.8 Å². The Morgan fingerprint density at radius 2 is 2.31 bits per heavy atom. The Balaban J connectivity index is 1.33. The summed E-state index contributed by atoms with van der Waals surface area (Å²) in [4.78, 5) is 18.6. The largest absolute Gasteiger partial charge is 0.496 e. The molecule has 3 heterocycles. The first kappa shape index (κ1) is 17.5. The lowest BCUT2D eigenvalue weighted by Gasteiger charge is -2.20. The average Bonchev–Trinajstić information content (AvgIpc) is 3.38. The summed E-state index contributed by atoms with van der Waals surface area (Å²) in [5, 5.41) is 4.78. The second-order valence-corrected chi connectivity index (χ2v) is 7.60. The van der Waals surface area contributed by atoms with E-state index in [-0.39, 0.29) is 12.0 Å². The zero-order valence-corrected chi connectivity index (χ0v) is 15.6. The number of aromatic nitrogens is 1. The molecular formula is C19H23N3O3S. The Bertz CT molecular complexity index is 752. The van der Waals surface area contributed by atoms with Gasteiger partial charge in [-0.2, -0.15) is 0 Å². The highest BCUT2D eigenvalue weighted by atomic mass is 32.1. The number of carbonyl (C=O) groups excluding carboxylic acids is 1. The zero-order valence-electron chi connectivity index (χ0n) is 14.8. The van der Waals surface area contributed by atoms with E-state index in [4.69, 9.17) is 9.47 Å². The second kappa shape index (κ2) is 7.73. The van der Waals surface area contributed by atoms with E-state index in [2.05, 4.69) is 21.3 Å². The van der Waals surface area contributed by atoms with Gasteiger partial charge in [-0.1, -0.05) is 18.2 Å². The van der Waals surface area contributed by atoms with Gasteiger partial charge in [0.1, 0.15) is 11.4 Å². The first-order valence-corrected chi connectivity index (χ1v) is 9.81. The van der Waals surface area contributed by atoms with Crippen molar-refractivity contribution in [2.24, 2.45) is 11.8 Å². The number of ether oxygens (including phenoxy) is 2. The number of nitrogens with one attached hydrogen (secondary N) is 1. The number of methoxy groups -OCH3 is 1. The van der Waals surface area contributed by atoms with Crippen LogP contribution in [0.3, 0.4) is 0 Å². The van der Waals surface area contributed by atoms with Crippen LogP contribution < -0.4 is 10.1 Å².